The van der Waals surface area contributed by atoms with E-state index in [-0.39, 0.29) is 36.9 Å². The van der Waals surface area contributed by atoms with E-state index in [1.165, 1.54) is 19.1 Å². The summed E-state index contributed by atoms with van der Waals surface area (Å²) in [6.45, 7) is 6.69. The maximum atomic E-state index is 12.9. The Morgan fingerprint density at radius 3 is 2.33 bits per heavy atom. The minimum absolute atomic E-state index is 0.0315. The molecule has 174 valence electrons. The Morgan fingerprint density at radius 2 is 1.76 bits per heavy atom. The first kappa shape index (κ1) is 23.7. The number of nitrogens with zero attached hydrogens (tertiary/aromatic N) is 1. The number of H-pyrrole nitrogens is 1. The van der Waals surface area contributed by atoms with E-state index in [1.807, 2.05) is 0 Å². The van der Waals surface area contributed by atoms with Crippen molar-refractivity contribution in [2.45, 2.75) is 40.3 Å². The molecule has 0 spiro atoms. The molecule has 1 aromatic carbocycles. The monoisotopic (exact) mass is 455 g/mol. The molecule has 0 saturated carbocycles. The lowest BCUT2D eigenvalue weighted by molar-refractivity contribution is -0.125. The van der Waals surface area contributed by atoms with Crippen molar-refractivity contribution in [3.63, 3.8) is 0 Å². The van der Waals surface area contributed by atoms with Crippen molar-refractivity contribution in [3.05, 3.63) is 57.9 Å². The topological polar surface area (TPSA) is 135 Å². The fourth-order valence-electron chi connectivity index (χ4n) is 3.54. The normalized spacial score (nSPS) is 14.1. The lowest BCUT2D eigenvalue weighted by Crippen LogP contribution is -2.30. The Balaban J connectivity index is 1.66. The van der Waals surface area contributed by atoms with E-state index in [0.29, 0.717) is 22.4 Å². The number of ketones is 1. The van der Waals surface area contributed by atoms with Gasteiger partial charge < -0.3 is 19.8 Å². The molecule has 10 nitrogen and oxygen atoms in total. The molecule has 2 N–H and O–H groups in total. The van der Waals surface area contributed by atoms with Crippen LogP contribution in [0, 0.1) is 13.8 Å². The van der Waals surface area contributed by atoms with Crippen LogP contribution in [0.3, 0.4) is 0 Å². The van der Waals surface area contributed by atoms with Gasteiger partial charge in [0.15, 0.2) is 6.10 Å². The highest BCUT2D eigenvalue weighted by Gasteiger charge is 2.29. The number of hydrogen-bond donors (Lipinski definition) is 2. The van der Waals surface area contributed by atoms with Gasteiger partial charge in [0.05, 0.1) is 36.5 Å². The molecular weight excluding hydrogens is 430 g/mol. The van der Waals surface area contributed by atoms with Gasteiger partial charge in [-0.2, -0.15) is 0 Å². The molecule has 2 heterocycles. The molecule has 0 radical (unpaired) electrons. The first-order valence-corrected chi connectivity index (χ1v) is 10.4. The summed E-state index contributed by atoms with van der Waals surface area (Å²) in [7, 11) is 0. The van der Waals surface area contributed by atoms with Gasteiger partial charge in [-0.25, -0.2) is 14.4 Å². The molecule has 1 atom stereocenters. The Labute approximate surface area is 190 Å². The van der Waals surface area contributed by atoms with Gasteiger partial charge in [0.25, 0.3) is 0 Å². The molecule has 10 heteroatoms. The number of hydrogen-bond acceptors (Lipinski definition) is 7. The van der Waals surface area contributed by atoms with Crippen LogP contribution in [0.15, 0.2) is 24.3 Å². The highest BCUT2D eigenvalue weighted by Crippen LogP contribution is 2.21. The third-order valence-electron chi connectivity index (χ3n) is 5.28. The summed E-state index contributed by atoms with van der Waals surface area (Å²) >= 11 is 0. The van der Waals surface area contributed by atoms with Crippen LogP contribution in [0.1, 0.15) is 61.9 Å². The highest BCUT2D eigenvalue weighted by atomic mass is 16.5. The second kappa shape index (κ2) is 9.68. The summed E-state index contributed by atoms with van der Waals surface area (Å²) < 4.78 is 10.3. The molecule has 33 heavy (non-hydrogen) atoms. The van der Waals surface area contributed by atoms with Crippen LogP contribution in [0.4, 0.5) is 4.79 Å². The summed E-state index contributed by atoms with van der Waals surface area (Å²) in [4.78, 5) is 64.8. The quantitative estimate of drug-likeness (QED) is 0.354. The van der Waals surface area contributed by atoms with Gasteiger partial charge in [-0.05, 0) is 51.0 Å². The number of esters is 2. The zero-order chi connectivity index (χ0) is 24.3. The number of ether oxygens (including phenoxy) is 2. The predicted molar refractivity (Wildman–Crippen MR) is 116 cm³/mol. The van der Waals surface area contributed by atoms with Crippen LogP contribution < -0.4 is 5.32 Å². The van der Waals surface area contributed by atoms with Gasteiger partial charge in [0.2, 0.25) is 11.7 Å². The lowest BCUT2D eigenvalue weighted by Gasteiger charge is -2.14. The van der Waals surface area contributed by atoms with E-state index in [4.69, 9.17) is 9.47 Å². The molecule has 1 saturated heterocycles. The van der Waals surface area contributed by atoms with Gasteiger partial charge in [-0.15, -0.1) is 0 Å². The number of aryl methyl sites for hydroxylation is 1. The summed E-state index contributed by atoms with van der Waals surface area (Å²) in [5, 5.41) is 2.44. The van der Waals surface area contributed by atoms with E-state index in [2.05, 4.69) is 10.3 Å². The number of amides is 3. The number of imide groups is 1. The van der Waals surface area contributed by atoms with Crippen molar-refractivity contribution in [3.8, 4) is 0 Å². The summed E-state index contributed by atoms with van der Waals surface area (Å²) in [6.07, 6.45) is -1.10. The Bertz CT molecular complexity index is 1100. The van der Waals surface area contributed by atoms with Crippen LogP contribution in [-0.2, 0) is 20.8 Å². The first-order valence-electron chi connectivity index (χ1n) is 10.4. The van der Waals surface area contributed by atoms with E-state index in [1.54, 1.807) is 32.9 Å². The molecule has 0 bridgehead atoms. The number of nitrogens with one attached hydrogen (secondary N) is 2. The molecular formula is C23H25N3O7. The number of benzene rings is 1. The maximum absolute atomic E-state index is 12.9. The van der Waals surface area contributed by atoms with Gasteiger partial charge in [0.1, 0.15) is 0 Å². The van der Waals surface area contributed by atoms with E-state index in [9.17, 15) is 24.0 Å². The second-order valence-electron chi connectivity index (χ2n) is 7.59. The number of urea groups is 1. The molecule has 1 aliphatic heterocycles. The highest BCUT2D eigenvalue weighted by molar-refractivity contribution is 6.04. The average Bonchev–Trinajstić information content (AvgIpc) is 3.26. The number of aromatic nitrogens is 1. The zero-order valence-electron chi connectivity index (χ0n) is 18.8. The van der Waals surface area contributed by atoms with Gasteiger partial charge in [0, 0.05) is 5.69 Å². The zero-order valence-corrected chi connectivity index (χ0v) is 18.8. The van der Waals surface area contributed by atoms with E-state index in [0.717, 1.165) is 4.90 Å². The number of rotatable bonds is 8. The number of carbonyl (C=O) groups is 5. The van der Waals surface area contributed by atoms with Crippen molar-refractivity contribution in [1.82, 2.24) is 15.2 Å². The fourth-order valence-corrected chi connectivity index (χ4v) is 3.54. The molecule has 2 aromatic rings. The third kappa shape index (κ3) is 4.94. The van der Waals surface area contributed by atoms with Crippen molar-refractivity contribution in [1.29, 1.82) is 0 Å². The maximum Gasteiger partial charge on any atom is 0.340 e. The number of carbonyl (C=O) groups excluding carboxylic acids is 5. The summed E-state index contributed by atoms with van der Waals surface area (Å²) in [6, 6.07) is 5.74. The van der Waals surface area contributed by atoms with Crippen molar-refractivity contribution in [2.75, 3.05) is 13.2 Å². The van der Waals surface area contributed by atoms with Crippen molar-refractivity contribution in [2.24, 2.45) is 0 Å². The Hall–Kier alpha value is -3.95. The van der Waals surface area contributed by atoms with Crippen LogP contribution in [0.2, 0.25) is 0 Å². The molecule has 1 unspecified atom stereocenters. The smallest absolute Gasteiger partial charge is 0.340 e. The first-order chi connectivity index (χ1) is 15.6. The fraction of sp³-hybridized carbons (Fsp3) is 0.348. The Morgan fingerprint density at radius 1 is 1.09 bits per heavy atom. The minimum atomic E-state index is -1.10. The molecule has 0 aliphatic carbocycles. The number of Topliss-reactive ketones (excluding diaryl/α,β-unsaturated/α-hetero) is 1. The summed E-state index contributed by atoms with van der Waals surface area (Å²) in [5.74, 6) is -2.03. The molecule has 3 amide bonds. The van der Waals surface area contributed by atoms with E-state index >= 15 is 0 Å². The van der Waals surface area contributed by atoms with Crippen LogP contribution in [0.25, 0.3) is 0 Å². The van der Waals surface area contributed by atoms with Crippen LogP contribution in [-0.4, -0.2) is 58.8 Å². The van der Waals surface area contributed by atoms with Crippen LogP contribution >= 0.6 is 0 Å². The van der Waals surface area contributed by atoms with Gasteiger partial charge >= 0.3 is 18.0 Å². The van der Waals surface area contributed by atoms with E-state index < -0.39 is 29.9 Å². The lowest BCUT2D eigenvalue weighted by atomic mass is 10.1. The molecule has 1 fully saturated rings. The average molecular weight is 455 g/mol. The predicted octanol–water partition coefficient (Wildman–Crippen LogP) is 2.29. The van der Waals surface area contributed by atoms with Gasteiger partial charge in [-0.1, -0.05) is 12.1 Å². The largest absolute Gasteiger partial charge is 0.462 e. The molecule has 1 aliphatic rings. The molecule has 1 aromatic heterocycles. The van der Waals surface area contributed by atoms with Crippen molar-refractivity contribution < 1.29 is 33.4 Å². The third-order valence-corrected chi connectivity index (χ3v) is 5.28. The van der Waals surface area contributed by atoms with Gasteiger partial charge in [-0.3, -0.25) is 14.5 Å². The van der Waals surface area contributed by atoms with Crippen molar-refractivity contribution >= 4 is 29.7 Å². The molecule has 3 rings (SSSR count). The SMILES string of the molecule is CCOC(=O)c1c(C)[nH]c(C(=O)C(C)OC(=O)c2ccc(CN3C(=O)CNC3=O)cc2)c1C. The number of aromatic amines is 1. The van der Waals surface area contributed by atoms with Crippen LogP contribution in [0.5, 0.6) is 0 Å². The standard InChI is InChI=1S/C23H25N3O7/c1-5-32-22(30)18-12(2)19(25-13(18)3)20(28)14(4)33-21(29)16-8-6-15(7-9-16)11-26-17(27)10-24-23(26)31/h6-9,14,25H,5,10-11H2,1-4H3,(H,24,31). The second-order valence-corrected chi connectivity index (χ2v) is 7.59. The Kier molecular flexibility index (Phi) is 6.95. The minimum Gasteiger partial charge on any atom is -0.462 e. The summed E-state index contributed by atoms with van der Waals surface area (Å²) in [5.41, 5.74) is 2.27.